The van der Waals surface area contributed by atoms with E-state index in [0.29, 0.717) is 18.4 Å². The van der Waals surface area contributed by atoms with Crippen LogP contribution in [0.2, 0.25) is 5.02 Å². The number of H-pyrrole nitrogens is 1. The number of rotatable bonds is 7. The number of sulfone groups is 1. The van der Waals surface area contributed by atoms with Crippen LogP contribution in [0.1, 0.15) is 47.0 Å². The van der Waals surface area contributed by atoms with E-state index >= 15 is 0 Å². The van der Waals surface area contributed by atoms with Gasteiger partial charge >= 0.3 is 5.97 Å². The van der Waals surface area contributed by atoms with Crippen molar-refractivity contribution < 1.29 is 33.0 Å². The first-order chi connectivity index (χ1) is 16.5. The molecule has 12 heteroatoms. The zero-order valence-corrected chi connectivity index (χ0v) is 20.1. The molecule has 0 atom stereocenters. The molecule has 0 bridgehead atoms. The second kappa shape index (κ2) is 8.90. The molecule has 1 aromatic heterocycles. The van der Waals surface area contributed by atoms with Crippen LogP contribution in [-0.2, 0) is 14.6 Å². The van der Waals surface area contributed by atoms with Crippen molar-refractivity contribution in [3.05, 3.63) is 40.5 Å². The van der Waals surface area contributed by atoms with Gasteiger partial charge in [0.05, 0.1) is 21.9 Å². The number of aromatic amines is 1. The number of benzene rings is 2. The highest BCUT2D eigenvalue weighted by Crippen LogP contribution is 2.47. The first-order valence-electron chi connectivity index (χ1n) is 10.7. The van der Waals surface area contributed by atoms with Gasteiger partial charge in [-0.25, -0.2) is 13.2 Å². The number of primary amides is 1. The summed E-state index contributed by atoms with van der Waals surface area (Å²) in [5, 5.41) is 23.9. The monoisotopic (exact) mass is 519 g/mol. The highest BCUT2D eigenvalue weighted by molar-refractivity contribution is 7.91. The third-order valence-corrected chi connectivity index (χ3v) is 8.18. The second-order valence-electron chi connectivity index (χ2n) is 8.28. The standard InChI is InChI=1S/C23H22ClN3O7S/c1-2-35(33,34)15-9-13(21(25)29)20(28)18(27-22(30)10-4-3-5-10)17(15)16-12-8-11(24)6-7-14(12)26-19(16)23(31)32/h6-10,26,28H,2-5H2,1H3,(H2,25,29)(H,27,30)(H,31,32). The largest absolute Gasteiger partial charge is 0.505 e. The first-order valence-corrected chi connectivity index (χ1v) is 12.8. The molecule has 35 heavy (non-hydrogen) atoms. The molecule has 184 valence electrons. The van der Waals surface area contributed by atoms with E-state index in [2.05, 4.69) is 10.3 Å². The number of hydrogen-bond donors (Lipinski definition) is 5. The van der Waals surface area contributed by atoms with Gasteiger partial charge in [0, 0.05) is 33.0 Å². The van der Waals surface area contributed by atoms with Gasteiger partial charge < -0.3 is 26.2 Å². The smallest absolute Gasteiger partial charge is 0.352 e. The quantitative estimate of drug-likeness (QED) is 0.296. The fourth-order valence-electron chi connectivity index (χ4n) is 4.09. The summed E-state index contributed by atoms with van der Waals surface area (Å²) in [5.41, 5.74) is 4.02. The SMILES string of the molecule is CCS(=O)(=O)c1cc(C(N)=O)c(O)c(NC(=O)C2CCC2)c1-c1c(C(=O)O)[nH]c2ccc(Cl)cc12. The predicted octanol–water partition coefficient (Wildman–Crippen LogP) is 3.52. The van der Waals surface area contributed by atoms with Crippen LogP contribution in [0.25, 0.3) is 22.0 Å². The Morgan fingerprint density at radius 1 is 1.20 bits per heavy atom. The predicted molar refractivity (Wildman–Crippen MR) is 130 cm³/mol. The number of phenols is 1. The number of carbonyl (C=O) groups is 3. The van der Waals surface area contributed by atoms with E-state index in [1.165, 1.54) is 25.1 Å². The second-order valence-corrected chi connectivity index (χ2v) is 11.0. The van der Waals surface area contributed by atoms with Gasteiger partial charge in [0.15, 0.2) is 15.6 Å². The molecule has 6 N–H and O–H groups in total. The molecule has 1 fully saturated rings. The Bertz CT molecular complexity index is 1510. The van der Waals surface area contributed by atoms with E-state index in [-0.39, 0.29) is 33.1 Å². The first kappa shape index (κ1) is 24.6. The highest BCUT2D eigenvalue weighted by atomic mass is 35.5. The fourth-order valence-corrected chi connectivity index (χ4v) is 5.38. The number of carbonyl (C=O) groups excluding carboxylic acids is 2. The Morgan fingerprint density at radius 2 is 1.89 bits per heavy atom. The molecular weight excluding hydrogens is 498 g/mol. The third kappa shape index (κ3) is 4.21. The van der Waals surface area contributed by atoms with Crippen molar-refractivity contribution in [3.8, 4) is 16.9 Å². The number of carboxylic acid groups (broad SMARTS) is 1. The number of aromatic carboxylic acids is 1. The van der Waals surface area contributed by atoms with Crippen molar-refractivity contribution in [1.82, 2.24) is 4.98 Å². The number of nitrogens with two attached hydrogens (primary N) is 1. The Balaban J connectivity index is 2.19. The van der Waals surface area contributed by atoms with Crippen LogP contribution in [-0.4, -0.2) is 47.2 Å². The highest BCUT2D eigenvalue weighted by Gasteiger charge is 2.34. The fraction of sp³-hybridized carbons (Fsp3) is 0.261. The zero-order valence-electron chi connectivity index (χ0n) is 18.5. The molecule has 0 radical (unpaired) electrons. The van der Waals surface area contributed by atoms with Crippen molar-refractivity contribution in [3.63, 3.8) is 0 Å². The van der Waals surface area contributed by atoms with E-state index in [1.54, 1.807) is 0 Å². The maximum Gasteiger partial charge on any atom is 0.352 e. The minimum Gasteiger partial charge on any atom is -0.505 e. The number of anilines is 1. The topological polar surface area (TPSA) is 180 Å². The summed E-state index contributed by atoms with van der Waals surface area (Å²) >= 11 is 6.15. The summed E-state index contributed by atoms with van der Waals surface area (Å²) in [6, 6.07) is 5.38. The van der Waals surface area contributed by atoms with Gasteiger partial charge in [-0.05, 0) is 37.1 Å². The van der Waals surface area contributed by atoms with Gasteiger partial charge in [-0.15, -0.1) is 0 Å². The van der Waals surface area contributed by atoms with Gasteiger partial charge in [-0.3, -0.25) is 9.59 Å². The van der Waals surface area contributed by atoms with Crippen LogP contribution < -0.4 is 11.1 Å². The van der Waals surface area contributed by atoms with Gasteiger partial charge in [-0.2, -0.15) is 0 Å². The van der Waals surface area contributed by atoms with E-state index in [1.807, 2.05) is 0 Å². The normalized spacial score (nSPS) is 14.0. The lowest BCUT2D eigenvalue weighted by Crippen LogP contribution is -2.29. The van der Waals surface area contributed by atoms with Crippen LogP contribution in [0.4, 0.5) is 5.69 Å². The van der Waals surface area contributed by atoms with Crippen molar-refractivity contribution >= 4 is 55.8 Å². The molecule has 1 aliphatic rings. The minimum atomic E-state index is -4.13. The number of aromatic nitrogens is 1. The third-order valence-electron chi connectivity index (χ3n) is 6.19. The summed E-state index contributed by atoms with van der Waals surface area (Å²) in [4.78, 5) is 39.4. The lowest BCUT2D eigenvalue weighted by atomic mass is 9.84. The summed E-state index contributed by atoms with van der Waals surface area (Å²) in [7, 11) is -4.13. The van der Waals surface area contributed by atoms with E-state index in [9.17, 15) is 33.0 Å². The van der Waals surface area contributed by atoms with Crippen LogP contribution in [0.15, 0.2) is 29.2 Å². The van der Waals surface area contributed by atoms with E-state index in [0.717, 1.165) is 12.5 Å². The van der Waals surface area contributed by atoms with Gasteiger partial charge in [-0.1, -0.05) is 24.9 Å². The molecular formula is C23H22ClN3O7S. The van der Waals surface area contributed by atoms with Crippen molar-refractivity contribution in [2.24, 2.45) is 11.7 Å². The maximum atomic E-state index is 13.2. The molecule has 3 aromatic rings. The molecule has 2 amide bonds. The van der Waals surface area contributed by atoms with Crippen LogP contribution in [0, 0.1) is 5.92 Å². The Kier molecular flexibility index (Phi) is 6.24. The van der Waals surface area contributed by atoms with E-state index in [4.69, 9.17) is 17.3 Å². The summed E-state index contributed by atoms with van der Waals surface area (Å²) in [6.45, 7) is 1.37. The van der Waals surface area contributed by atoms with Crippen LogP contribution in [0.3, 0.4) is 0 Å². The molecule has 0 unspecified atom stereocenters. The number of aromatic hydroxyl groups is 1. The Morgan fingerprint density at radius 3 is 2.43 bits per heavy atom. The number of carboxylic acids is 1. The molecule has 0 aliphatic heterocycles. The van der Waals surface area contributed by atoms with Crippen molar-refractivity contribution in [1.29, 1.82) is 0 Å². The Hall–Kier alpha value is -3.57. The van der Waals surface area contributed by atoms with Crippen LogP contribution >= 0.6 is 11.6 Å². The number of nitrogens with one attached hydrogen (secondary N) is 2. The van der Waals surface area contributed by atoms with Gasteiger partial charge in [0.25, 0.3) is 5.91 Å². The van der Waals surface area contributed by atoms with E-state index < -0.39 is 55.3 Å². The van der Waals surface area contributed by atoms with Gasteiger partial charge in [0.2, 0.25) is 5.91 Å². The van der Waals surface area contributed by atoms with Crippen LogP contribution in [0.5, 0.6) is 5.75 Å². The molecule has 1 saturated carbocycles. The molecule has 0 spiro atoms. The molecule has 4 rings (SSSR count). The van der Waals surface area contributed by atoms with Gasteiger partial charge in [0.1, 0.15) is 5.69 Å². The van der Waals surface area contributed by atoms with Crippen molar-refractivity contribution in [2.45, 2.75) is 31.1 Å². The zero-order chi connectivity index (χ0) is 25.7. The number of hydrogen-bond acceptors (Lipinski definition) is 6. The van der Waals surface area contributed by atoms with Crippen molar-refractivity contribution in [2.75, 3.05) is 11.1 Å². The lowest BCUT2D eigenvalue weighted by molar-refractivity contribution is -0.122. The average Bonchev–Trinajstić information content (AvgIpc) is 3.11. The summed E-state index contributed by atoms with van der Waals surface area (Å²) in [5.74, 6) is -4.58. The Labute approximate surface area is 205 Å². The summed E-state index contributed by atoms with van der Waals surface area (Å²) < 4.78 is 26.4. The molecule has 10 nitrogen and oxygen atoms in total. The molecule has 0 saturated heterocycles. The number of halogens is 1. The minimum absolute atomic E-state index is 0.114. The molecule has 2 aromatic carbocycles. The maximum absolute atomic E-state index is 13.2. The molecule has 1 aliphatic carbocycles. The number of fused-ring (bicyclic) bond motifs is 1. The average molecular weight is 520 g/mol. The molecule has 1 heterocycles. The summed E-state index contributed by atoms with van der Waals surface area (Å²) in [6.07, 6.45) is 2.03. The number of amides is 2. The lowest BCUT2D eigenvalue weighted by Gasteiger charge is -2.26.